The van der Waals surface area contributed by atoms with Crippen molar-refractivity contribution in [3.05, 3.63) is 16.4 Å². The molecule has 1 aliphatic carbocycles. The zero-order valence-corrected chi connectivity index (χ0v) is 16.0. The van der Waals surface area contributed by atoms with Crippen molar-refractivity contribution in [2.24, 2.45) is 5.92 Å². The van der Waals surface area contributed by atoms with Crippen molar-refractivity contribution >= 4 is 23.6 Å². The third-order valence-electron chi connectivity index (χ3n) is 4.37. The summed E-state index contributed by atoms with van der Waals surface area (Å²) in [4.78, 5) is 40.3. The van der Waals surface area contributed by atoms with E-state index >= 15 is 0 Å². The first-order valence-corrected chi connectivity index (χ1v) is 9.64. The van der Waals surface area contributed by atoms with E-state index in [1.54, 1.807) is 4.57 Å². The van der Waals surface area contributed by atoms with Crippen molar-refractivity contribution in [3.8, 4) is 5.88 Å². The maximum Gasteiger partial charge on any atom is 0.328 e. The van der Waals surface area contributed by atoms with Crippen molar-refractivity contribution in [1.82, 2.24) is 14.9 Å². The van der Waals surface area contributed by atoms with Gasteiger partial charge in [-0.2, -0.15) is 4.98 Å². The number of methoxy groups -OCH3 is 1. The Kier molecular flexibility index (Phi) is 7.07. The van der Waals surface area contributed by atoms with E-state index in [2.05, 4.69) is 10.3 Å². The number of hydrogen-bond donors (Lipinski definition) is 2. The molecule has 2 N–H and O–H groups in total. The summed E-state index contributed by atoms with van der Waals surface area (Å²) in [5.74, 6) is -1.37. The van der Waals surface area contributed by atoms with Gasteiger partial charge in [0.05, 0.1) is 18.9 Å². The Morgan fingerprint density at radius 3 is 2.65 bits per heavy atom. The van der Waals surface area contributed by atoms with E-state index in [-0.39, 0.29) is 35.1 Å². The summed E-state index contributed by atoms with van der Waals surface area (Å²) in [5, 5.41) is 12.6. The molecule has 0 bridgehead atoms. The minimum absolute atomic E-state index is 0.0250. The smallest absolute Gasteiger partial charge is 0.328 e. The minimum atomic E-state index is -0.734. The lowest BCUT2D eigenvalue weighted by molar-refractivity contribution is -0.146. The standard InChI is InChI=1S/C17H25N3O5S/c1-10(2)15(16(24)25-3)18-13(22)9-26-17-19-12(21)8-14(23)20(17)11-6-4-5-7-11/h8,10-11,15,21H,4-7,9H2,1-3H3,(H,18,22)/t15-/m0/s1. The highest BCUT2D eigenvalue weighted by molar-refractivity contribution is 7.99. The van der Waals surface area contributed by atoms with Gasteiger partial charge in [-0.3, -0.25) is 14.2 Å². The Morgan fingerprint density at radius 1 is 1.42 bits per heavy atom. The van der Waals surface area contributed by atoms with E-state index < -0.39 is 12.0 Å². The molecule has 1 atom stereocenters. The van der Waals surface area contributed by atoms with Crippen LogP contribution in [-0.4, -0.2) is 45.4 Å². The van der Waals surface area contributed by atoms with Gasteiger partial charge in [-0.25, -0.2) is 4.79 Å². The van der Waals surface area contributed by atoms with Crippen molar-refractivity contribution in [1.29, 1.82) is 0 Å². The van der Waals surface area contributed by atoms with Crippen LogP contribution in [0.4, 0.5) is 0 Å². The summed E-state index contributed by atoms with van der Waals surface area (Å²) < 4.78 is 6.26. The van der Waals surface area contributed by atoms with E-state index in [0.29, 0.717) is 5.16 Å². The van der Waals surface area contributed by atoms with Crippen LogP contribution in [0.2, 0.25) is 0 Å². The summed E-state index contributed by atoms with van der Waals surface area (Å²) >= 11 is 1.07. The number of amides is 1. The van der Waals surface area contributed by atoms with Crippen molar-refractivity contribution < 1.29 is 19.4 Å². The normalized spacial score (nSPS) is 15.8. The third kappa shape index (κ3) is 5.00. The molecule has 1 fully saturated rings. The predicted molar refractivity (Wildman–Crippen MR) is 97.2 cm³/mol. The molecular formula is C17H25N3O5S. The lowest BCUT2D eigenvalue weighted by Crippen LogP contribution is -2.45. The van der Waals surface area contributed by atoms with Crippen LogP contribution < -0.4 is 10.9 Å². The van der Waals surface area contributed by atoms with E-state index in [0.717, 1.165) is 43.5 Å². The van der Waals surface area contributed by atoms with E-state index in [1.807, 2.05) is 13.8 Å². The van der Waals surface area contributed by atoms with E-state index in [4.69, 9.17) is 4.74 Å². The minimum Gasteiger partial charge on any atom is -0.493 e. The number of nitrogens with zero attached hydrogens (tertiary/aromatic N) is 2. The summed E-state index contributed by atoms with van der Waals surface area (Å²) in [5.41, 5.74) is -0.318. The fourth-order valence-corrected chi connectivity index (χ4v) is 3.91. The van der Waals surface area contributed by atoms with Gasteiger partial charge in [-0.05, 0) is 18.8 Å². The summed E-state index contributed by atoms with van der Waals surface area (Å²) in [6, 6.07) is 0.399. The molecular weight excluding hydrogens is 358 g/mol. The highest BCUT2D eigenvalue weighted by Gasteiger charge is 2.26. The number of ether oxygens (including phenoxy) is 1. The molecule has 0 unspecified atom stereocenters. The fraction of sp³-hybridized carbons (Fsp3) is 0.647. The number of rotatable bonds is 7. The number of aromatic hydroxyl groups is 1. The molecule has 1 aromatic rings. The molecule has 0 aliphatic heterocycles. The molecule has 144 valence electrons. The number of carbonyl (C=O) groups is 2. The van der Waals surface area contributed by atoms with Gasteiger partial charge in [0.2, 0.25) is 11.8 Å². The number of thioether (sulfide) groups is 1. The van der Waals surface area contributed by atoms with Crippen LogP contribution in [0.1, 0.15) is 45.6 Å². The lowest BCUT2D eigenvalue weighted by Gasteiger charge is -2.20. The largest absolute Gasteiger partial charge is 0.493 e. The Balaban J connectivity index is 2.10. The Hall–Kier alpha value is -2.03. The summed E-state index contributed by atoms with van der Waals surface area (Å²) in [7, 11) is 1.27. The zero-order valence-electron chi connectivity index (χ0n) is 15.2. The Bertz CT molecular complexity index is 713. The molecule has 9 heteroatoms. The number of nitrogens with one attached hydrogen (secondary N) is 1. The molecule has 0 aromatic carbocycles. The first-order valence-electron chi connectivity index (χ1n) is 8.66. The second kappa shape index (κ2) is 9.07. The molecule has 2 rings (SSSR count). The van der Waals surface area contributed by atoms with Gasteiger partial charge < -0.3 is 15.2 Å². The van der Waals surface area contributed by atoms with Crippen molar-refractivity contribution in [2.75, 3.05) is 12.9 Å². The van der Waals surface area contributed by atoms with Crippen LogP contribution in [-0.2, 0) is 14.3 Å². The monoisotopic (exact) mass is 383 g/mol. The third-order valence-corrected chi connectivity index (χ3v) is 5.32. The van der Waals surface area contributed by atoms with Gasteiger partial charge in [0.1, 0.15) is 6.04 Å². The Morgan fingerprint density at radius 2 is 2.08 bits per heavy atom. The molecule has 0 radical (unpaired) electrons. The van der Waals surface area contributed by atoms with Crippen LogP contribution >= 0.6 is 11.8 Å². The molecule has 0 saturated heterocycles. The average Bonchev–Trinajstić information content (AvgIpc) is 3.10. The molecule has 1 aliphatic rings. The van der Waals surface area contributed by atoms with Crippen LogP contribution in [0.5, 0.6) is 5.88 Å². The van der Waals surface area contributed by atoms with Crippen molar-refractivity contribution in [3.63, 3.8) is 0 Å². The number of carbonyl (C=O) groups excluding carboxylic acids is 2. The fourth-order valence-electron chi connectivity index (χ4n) is 3.03. The Labute approximate surface area is 156 Å². The van der Waals surface area contributed by atoms with Crippen molar-refractivity contribution in [2.45, 2.75) is 56.8 Å². The maximum absolute atomic E-state index is 12.3. The first kappa shape index (κ1) is 20.3. The van der Waals surface area contributed by atoms with E-state index in [1.165, 1.54) is 7.11 Å². The van der Waals surface area contributed by atoms with Crippen LogP contribution in [0.15, 0.2) is 16.0 Å². The highest BCUT2D eigenvalue weighted by atomic mass is 32.2. The number of hydrogen-bond acceptors (Lipinski definition) is 7. The second-order valence-electron chi connectivity index (χ2n) is 6.64. The predicted octanol–water partition coefficient (Wildman–Crippen LogP) is 1.47. The summed E-state index contributed by atoms with van der Waals surface area (Å²) in [6.45, 7) is 3.62. The van der Waals surface area contributed by atoms with Gasteiger partial charge >= 0.3 is 5.97 Å². The van der Waals surface area contributed by atoms with Crippen LogP contribution in [0.25, 0.3) is 0 Å². The van der Waals surface area contributed by atoms with Gasteiger partial charge in [0.25, 0.3) is 5.56 Å². The van der Waals surface area contributed by atoms with Crippen LogP contribution in [0, 0.1) is 5.92 Å². The highest BCUT2D eigenvalue weighted by Crippen LogP contribution is 2.31. The average molecular weight is 383 g/mol. The number of aromatic nitrogens is 2. The van der Waals surface area contributed by atoms with Gasteiger partial charge in [-0.1, -0.05) is 38.5 Å². The van der Waals surface area contributed by atoms with E-state index in [9.17, 15) is 19.5 Å². The van der Waals surface area contributed by atoms with Gasteiger partial charge in [0, 0.05) is 6.04 Å². The molecule has 1 heterocycles. The topological polar surface area (TPSA) is 111 Å². The molecule has 1 amide bonds. The molecule has 0 spiro atoms. The van der Waals surface area contributed by atoms with Crippen LogP contribution in [0.3, 0.4) is 0 Å². The summed E-state index contributed by atoms with van der Waals surface area (Å²) in [6.07, 6.45) is 3.84. The first-order chi connectivity index (χ1) is 12.3. The molecule has 1 saturated carbocycles. The quantitative estimate of drug-likeness (QED) is 0.417. The maximum atomic E-state index is 12.3. The second-order valence-corrected chi connectivity index (χ2v) is 7.59. The SMILES string of the molecule is COC(=O)[C@@H](NC(=O)CSc1nc(O)cc(=O)n1C1CCCC1)C(C)C. The zero-order chi connectivity index (χ0) is 19.3. The molecule has 8 nitrogen and oxygen atoms in total. The van der Waals surface area contributed by atoms with Gasteiger partial charge in [-0.15, -0.1) is 0 Å². The molecule has 26 heavy (non-hydrogen) atoms. The van der Waals surface area contributed by atoms with Gasteiger partial charge in [0.15, 0.2) is 5.16 Å². The molecule has 1 aromatic heterocycles. The number of esters is 1. The lowest BCUT2D eigenvalue weighted by atomic mass is 10.1.